The van der Waals surface area contributed by atoms with E-state index >= 15 is 0 Å². The van der Waals surface area contributed by atoms with Gasteiger partial charge in [-0.3, -0.25) is 0 Å². The van der Waals surface area contributed by atoms with Gasteiger partial charge in [-0.15, -0.1) is 0 Å². The fourth-order valence-corrected chi connectivity index (χ4v) is 2.33. The molecule has 2 aromatic rings. The van der Waals surface area contributed by atoms with E-state index in [9.17, 15) is 0 Å². The van der Waals surface area contributed by atoms with Crippen molar-refractivity contribution in [2.75, 3.05) is 0 Å². The van der Waals surface area contributed by atoms with E-state index in [-0.39, 0.29) is 6.04 Å². The molecule has 0 aliphatic rings. The van der Waals surface area contributed by atoms with Crippen LogP contribution in [-0.4, -0.2) is 14.8 Å². The lowest BCUT2D eigenvalue weighted by molar-refractivity contribution is 0.460. The second-order valence-electron chi connectivity index (χ2n) is 5.66. The van der Waals surface area contributed by atoms with Gasteiger partial charge in [0.1, 0.15) is 12.2 Å². The molecule has 4 nitrogen and oxygen atoms in total. The van der Waals surface area contributed by atoms with Crippen molar-refractivity contribution in [3.63, 3.8) is 0 Å². The average Bonchev–Trinajstić information content (AvgIpc) is 2.86. The van der Waals surface area contributed by atoms with E-state index in [0.29, 0.717) is 5.92 Å². The van der Waals surface area contributed by atoms with Crippen molar-refractivity contribution in [3.8, 4) is 0 Å². The Labute approximate surface area is 121 Å². The predicted octanol–water partition coefficient (Wildman–Crippen LogP) is 2.96. The van der Waals surface area contributed by atoms with Crippen molar-refractivity contribution >= 4 is 0 Å². The highest BCUT2D eigenvalue weighted by atomic mass is 15.3. The third-order valence-corrected chi connectivity index (χ3v) is 3.38. The molecule has 1 unspecified atom stereocenters. The Morgan fingerprint density at radius 2 is 1.95 bits per heavy atom. The highest BCUT2D eigenvalue weighted by Crippen LogP contribution is 2.16. The van der Waals surface area contributed by atoms with Gasteiger partial charge in [0.05, 0.1) is 0 Å². The fourth-order valence-electron chi connectivity index (χ4n) is 2.33. The zero-order valence-corrected chi connectivity index (χ0v) is 12.4. The van der Waals surface area contributed by atoms with Crippen LogP contribution >= 0.6 is 0 Å². The van der Waals surface area contributed by atoms with E-state index in [1.54, 1.807) is 6.33 Å². The Bertz CT molecular complexity index is 504. The summed E-state index contributed by atoms with van der Waals surface area (Å²) < 4.78 is 2.01. The van der Waals surface area contributed by atoms with Gasteiger partial charge < -0.3 is 5.73 Å². The van der Waals surface area contributed by atoms with E-state index in [1.165, 1.54) is 5.56 Å². The summed E-state index contributed by atoms with van der Waals surface area (Å²) in [6.07, 6.45) is 4.59. The number of hydrogen-bond donors (Lipinski definition) is 1. The summed E-state index contributed by atoms with van der Waals surface area (Å²) in [5.41, 5.74) is 7.42. The van der Waals surface area contributed by atoms with Crippen LogP contribution in [0.4, 0.5) is 0 Å². The molecule has 0 aliphatic heterocycles. The number of benzene rings is 1. The Kier molecular flexibility index (Phi) is 5.30. The van der Waals surface area contributed by atoms with Crippen molar-refractivity contribution in [1.29, 1.82) is 0 Å². The largest absolute Gasteiger partial charge is 0.324 e. The molecule has 2 rings (SSSR count). The standard InChI is InChI=1S/C16H24N4/c1-13(2)11-20-16(18-12-19-20)10-6-9-15(17)14-7-4-3-5-8-14/h3-5,7-8,12-13,15H,6,9-11,17H2,1-2H3. The molecule has 0 fully saturated rings. The van der Waals surface area contributed by atoms with Crippen LogP contribution in [-0.2, 0) is 13.0 Å². The van der Waals surface area contributed by atoms with Gasteiger partial charge in [0.15, 0.2) is 0 Å². The molecule has 1 aromatic carbocycles. The molecule has 108 valence electrons. The molecule has 0 spiro atoms. The minimum atomic E-state index is 0.109. The number of aromatic nitrogens is 3. The van der Waals surface area contributed by atoms with E-state index in [2.05, 4.69) is 36.1 Å². The van der Waals surface area contributed by atoms with Gasteiger partial charge in [-0.2, -0.15) is 5.10 Å². The monoisotopic (exact) mass is 272 g/mol. The summed E-state index contributed by atoms with van der Waals surface area (Å²) >= 11 is 0. The Hall–Kier alpha value is -1.68. The van der Waals surface area contributed by atoms with Crippen molar-refractivity contribution < 1.29 is 0 Å². The smallest absolute Gasteiger partial charge is 0.138 e. The molecular formula is C16H24N4. The molecule has 0 saturated heterocycles. The number of hydrogen-bond acceptors (Lipinski definition) is 3. The van der Waals surface area contributed by atoms with E-state index in [1.807, 2.05) is 22.9 Å². The van der Waals surface area contributed by atoms with Gasteiger partial charge in [-0.25, -0.2) is 9.67 Å². The molecule has 1 atom stereocenters. The third kappa shape index (κ3) is 4.17. The summed E-state index contributed by atoms with van der Waals surface area (Å²) in [6, 6.07) is 10.4. The molecular weight excluding hydrogens is 248 g/mol. The maximum absolute atomic E-state index is 6.21. The average molecular weight is 272 g/mol. The normalized spacial score (nSPS) is 12.8. The quantitative estimate of drug-likeness (QED) is 0.843. The lowest BCUT2D eigenvalue weighted by Crippen LogP contribution is -2.13. The molecule has 0 amide bonds. The molecule has 1 aromatic heterocycles. The molecule has 2 N–H and O–H groups in total. The van der Waals surface area contributed by atoms with E-state index in [0.717, 1.165) is 31.6 Å². The molecule has 0 saturated carbocycles. The highest BCUT2D eigenvalue weighted by Gasteiger charge is 2.09. The van der Waals surface area contributed by atoms with Gasteiger partial charge in [-0.1, -0.05) is 44.2 Å². The van der Waals surface area contributed by atoms with E-state index < -0.39 is 0 Å². The van der Waals surface area contributed by atoms with Crippen LogP contribution in [0.1, 0.15) is 44.1 Å². The Morgan fingerprint density at radius 3 is 2.65 bits per heavy atom. The van der Waals surface area contributed by atoms with Gasteiger partial charge in [0.25, 0.3) is 0 Å². The maximum Gasteiger partial charge on any atom is 0.138 e. The first kappa shape index (κ1) is 14.7. The van der Waals surface area contributed by atoms with Crippen molar-refractivity contribution in [2.45, 2.75) is 45.7 Å². The molecule has 0 bridgehead atoms. The lowest BCUT2D eigenvalue weighted by Gasteiger charge is -2.12. The SMILES string of the molecule is CC(C)Cn1ncnc1CCCC(N)c1ccccc1. The van der Waals surface area contributed by atoms with Crippen LogP contribution in [0.15, 0.2) is 36.7 Å². The summed E-state index contributed by atoms with van der Waals surface area (Å²) in [7, 11) is 0. The fraction of sp³-hybridized carbons (Fsp3) is 0.500. The van der Waals surface area contributed by atoms with E-state index in [4.69, 9.17) is 5.73 Å². The minimum Gasteiger partial charge on any atom is -0.324 e. The zero-order chi connectivity index (χ0) is 14.4. The van der Waals surface area contributed by atoms with Gasteiger partial charge >= 0.3 is 0 Å². The van der Waals surface area contributed by atoms with Gasteiger partial charge in [-0.05, 0) is 24.3 Å². The molecule has 0 aliphatic carbocycles. The highest BCUT2D eigenvalue weighted by molar-refractivity contribution is 5.18. The Balaban J connectivity index is 1.83. The summed E-state index contributed by atoms with van der Waals surface area (Å²) in [5.74, 6) is 1.65. The molecule has 4 heteroatoms. The maximum atomic E-state index is 6.21. The zero-order valence-electron chi connectivity index (χ0n) is 12.4. The lowest BCUT2D eigenvalue weighted by atomic mass is 10.0. The van der Waals surface area contributed by atoms with Crippen molar-refractivity contribution in [3.05, 3.63) is 48.0 Å². The third-order valence-electron chi connectivity index (χ3n) is 3.38. The topological polar surface area (TPSA) is 56.7 Å². The molecule has 20 heavy (non-hydrogen) atoms. The van der Waals surface area contributed by atoms with Crippen LogP contribution in [0.5, 0.6) is 0 Å². The van der Waals surface area contributed by atoms with Crippen LogP contribution < -0.4 is 5.73 Å². The second kappa shape index (κ2) is 7.20. The number of aryl methyl sites for hydroxylation is 1. The number of nitrogens with zero attached hydrogens (tertiary/aromatic N) is 3. The minimum absolute atomic E-state index is 0.109. The van der Waals surface area contributed by atoms with Gasteiger partial charge in [0, 0.05) is 19.0 Å². The van der Waals surface area contributed by atoms with Crippen LogP contribution in [0.2, 0.25) is 0 Å². The first-order chi connectivity index (χ1) is 9.66. The van der Waals surface area contributed by atoms with Crippen molar-refractivity contribution in [2.24, 2.45) is 11.7 Å². The first-order valence-corrected chi connectivity index (χ1v) is 7.34. The van der Waals surface area contributed by atoms with Gasteiger partial charge in [0.2, 0.25) is 0 Å². The Morgan fingerprint density at radius 1 is 1.20 bits per heavy atom. The predicted molar refractivity (Wildman–Crippen MR) is 81.2 cm³/mol. The first-order valence-electron chi connectivity index (χ1n) is 7.34. The van der Waals surface area contributed by atoms with Crippen molar-refractivity contribution in [1.82, 2.24) is 14.8 Å². The van der Waals surface area contributed by atoms with Crippen LogP contribution in [0.3, 0.4) is 0 Å². The van der Waals surface area contributed by atoms with Crippen LogP contribution in [0, 0.1) is 5.92 Å². The summed E-state index contributed by atoms with van der Waals surface area (Å²) in [4.78, 5) is 4.35. The molecule has 0 radical (unpaired) electrons. The number of nitrogens with two attached hydrogens (primary N) is 1. The second-order valence-corrected chi connectivity index (χ2v) is 5.66. The molecule has 1 heterocycles. The number of rotatable bonds is 7. The summed E-state index contributed by atoms with van der Waals surface area (Å²) in [6.45, 7) is 5.31. The van der Waals surface area contributed by atoms with Crippen LogP contribution in [0.25, 0.3) is 0 Å². The summed E-state index contributed by atoms with van der Waals surface area (Å²) in [5, 5.41) is 4.29.